The first-order valence-electron chi connectivity index (χ1n) is 7.73. The Bertz CT molecular complexity index is 914. The maximum absolute atomic E-state index is 13.5. The van der Waals surface area contributed by atoms with Gasteiger partial charge in [-0.05, 0) is 24.6 Å². The van der Waals surface area contributed by atoms with Crippen molar-refractivity contribution in [3.8, 4) is 0 Å². The lowest BCUT2D eigenvalue weighted by Crippen LogP contribution is -2.24. The molecule has 0 aliphatic carbocycles. The third-order valence-corrected chi connectivity index (χ3v) is 3.79. The van der Waals surface area contributed by atoms with Crippen molar-refractivity contribution < 1.29 is 13.6 Å². The molecule has 124 valence electrons. The third-order valence-electron chi connectivity index (χ3n) is 3.79. The van der Waals surface area contributed by atoms with E-state index < -0.39 is 5.76 Å². The minimum Gasteiger partial charge on any atom is -0.408 e. The van der Waals surface area contributed by atoms with Gasteiger partial charge in [-0.25, -0.2) is 9.18 Å². The first-order chi connectivity index (χ1) is 11.6. The van der Waals surface area contributed by atoms with E-state index in [1.807, 2.05) is 6.07 Å². The Hall–Kier alpha value is -2.89. The number of hydrogen-bond donors (Lipinski definition) is 1. The van der Waals surface area contributed by atoms with Crippen LogP contribution in [0.3, 0.4) is 0 Å². The van der Waals surface area contributed by atoms with Gasteiger partial charge in [-0.2, -0.15) is 0 Å². The van der Waals surface area contributed by atoms with E-state index in [2.05, 4.69) is 5.32 Å². The first-order valence-corrected chi connectivity index (χ1v) is 7.73. The number of para-hydroxylation sites is 2. The highest BCUT2D eigenvalue weighted by molar-refractivity contribution is 5.76. The third kappa shape index (κ3) is 3.53. The number of oxazole rings is 1. The number of aryl methyl sites for hydroxylation is 1. The van der Waals surface area contributed by atoms with Crippen LogP contribution in [0.25, 0.3) is 11.1 Å². The Morgan fingerprint density at radius 1 is 1.12 bits per heavy atom. The van der Waals surface area contributed by atoms with Crippen molar-refractivity contribution in [2.24, 2.45) is 0 Å². The van der Waals surface area contributed by atoms with Crippen molar-refractivity contribution in [2.75, 3.05) is 0 Å². The van der Waals surface area contributed by atoms with Gasteiger partial charge >= 0.3 is 5.76 Å². The maximum Gasteiger partial charge on any atom is 0.419 e. The van der Waals surface area contributed by atoms with Crippen LogP contribution in [0, 0.1) is 5.82 Å². The highest BCUT2D eigenvalue weighted by atomic mass is 19.1. The summed E-state index contributed by atoms with van der Waals surface area (Å²) in [5.41, 5.74) is 1.70. The summed E-state index contributed by atoms with van der Waals surface area (Å²) in [6.07, 6.45) is 0.743. The number of fused-ring (bicyclic) bond motifs is 1. The molecule has 0 fully saturated rings. The van der Waals surface area contributed by atoms with Crippen LogP contribution in [-0.2, 0) is 17.9 Å². The second-order valence-electron chi connectivity index (χ2n) is 5.46. The normalized spacial score (nSPS) is 10.9. The standard InChI is InChI=1S/C18H17FN2O3/c19-14-7-2-1-6-13(14)12-20-17(22)10-5-11-21-15-8-3-4-9-16(15)24-18(21)23/h1-4,6-9H,5,10-12H2,(H,20,22). The number of carbonyl (C=O) groups excluding carboxylic acids is 1. The van der Waals surface area contributed by atoms with Crippen LogP contribution in [0.15, 0.2) is 57.7 Å². The molecule has 0 unspecified atom stereocenters. The van der Waals surface area contributed by atoms with Crippen molar-refractivity contribution in [3.63, 3.8) is 0 Å². The summed E-state index contributed by atoms with van der Waals surface area (Å²) in [6, 6.07) is 13.5. The number of carbonyl (C=O) groups is 1. The van der Waals surface area contributed by atoms with Gasteiger partial charge in [0.2, 0.25) is 5.91 Å². The van der Waals surface area contributed by atoms with Crippen LogP contribution >= 0.6 is 0 Å². The summed E-state index contributed by atoms with van der Waals surface area (Å²) in [7, 11) is 0. The second kappa shape index (κ2) is 7.12. The number of rotatable bonds is 6. The van der Waals surface area contributed by atoms with Crippen molar-refractivity contribution in [2.45, 2.75) is 25.9 Å². The zero-order valence-corrected chi connectivity index (χ0v) is 13.0. The number of nitrogens with zero attached hydrogens (tertiary/aromatic N) is 1. The summed E-state index contributed by atoms with van der Waals surface area (Å²) in [5.74, 6) is -0.948. The zero-order chi connectivity index (χ0) is 16.9. The van der Waals surface area contributed by atoms with Gasteiger partial charge in [-0.3, -0.25) is 9.36 Å². The molecule has 3 aromatic rings. The maximum atomic E-state index is 13.5. The quantitative estimate of drug-likeness (QED) is 0.757. The van der Waals surface area contributed by atoms with Gasteiger partial charge in [0.1, 0.15) is 5.82 Å². The summed E-state index contributed by atoms with van der Waals surface area (Å²) < 4.78 is 20.1. The molecule has 0 aliphatic rings. The average molecular weight is 328 g/mol. The Morgan fingerprint density at radius 3 is 2.71 bits per heavy atom. The number of hydrogen-bond acceptors (Lipinski definition) is 3. The van der Waals surface area contributed by atoms with Gasteiger partial charge in [0.15, 0.2) is 5.58 Å². The molecule has 0 aliphatic heterocycles. The van der Waals surface area contributed by atoms with Crippen LogP contribution in [0.4, 0.5) is 4.39 Å². The number of aromatic nitrogens is 1. The number of amides is 1. The Labute approximate surface area is 137 Å². The molecule has 5 nitrogen and oxygen atoms in total. The van der Waals surface area contributed by atoms with E-state index in [1.54, 1.807) is 36.4 Å². The van der Waals surface area contributed by atoms with Crippen LogP contribution in [0.1, 0.15) is 18.4 Å². The molecular formula is C18H17FN2O3. The summed E-state index contributed by atoms with van der Waals surface area (Å²) in [6.45, 7) is 0.545. The summed E-state index contributed by atoms with van der Waals surface area (Å²) >= 11 is 0. The van der Waals surface area contributed by atoms with E-state index in [4.69, 9.17) is 4.42 Å². The molecule has 1 heterocycles. The molecule has 0 atom stereocenters. The molecule has 0 radical (unpaired) electrons. The molecule has 1 N–H and O–H groups in total. The van der Waals surface area contributed by atoms with Crippen LogP contribution in [0.5, 0.6) is 0 Å². The number of halogens is 1. The number of benzene rings is 2. The summed E-state index contributed by atoms with van der Waals surface area (Å²) in [4.78, 5) is 23.7. The van der Waals surface area contributed by atoms with E-state index in [-0.39, 0.29) is 24.7 Å². The van der Waals surface area contributed by atoms with Gasteiger partial charge in [0, 0.05) is 25.1 Å². The zero-order valence-electron chi connectivity index (χ0n) is 13.0. The minimum atomic E-state index is -0.428. The smallest absolute Gasteiger partial charge is 0.408 e. The molecule has 1 aromatic heterocycles. The molecule has 0 bridgehead atoms. The fourth-order valence-corrected chi connectivity index (χ4v) is 2.55. The predicted octanol–water partition coefficient (Wildman–Crippen LogP) is 2.83. The van der Waals surface area contributed by atoms with E-state index in [0.717, 1.165) is 0 Å². The topological polar surface area (TPSA) is 64.2 Å². The SMILES string of the molecule is O=C(CCCn1c(=O)oc2ccccc21)NCc1ccccc1F. The first kappa shape index (κ1) is 16.0. The molecule has 1 amide bonds. The van der Waals surface area contributed by atoms with Crippen LogP contribution in [0.2, 0.25) is 0 Å². The fourth-order valence-electron chi connectivity index (χ4n) is 2.55. The fraction of sp³-hybridized carbons (Fsp3) is 0.222. The lowest BCUT2D eigenvalue weighted by molar-refractivity contribution is -0.121. The lowest BCUT2D eigenvalue weighted by atomic mass is 10.2. The van der Waals surface area contributed by atoms with E-state index in [9.17, 15) is 14.0 Å². The largest absolute Gasteiger partial charge is 0.419 e. The Balaban J connectivity index is 1.52. The van der Waals surface area contributed by atoms with Gasteiger partial charge in [0.05, 0.1) is 5.52 Å². The van der Waals surface area contributed by atoms with Gasteiger partial charge in [-0.15, -0.1) is 0 Å². The van der Waals surface area contributed by atoms with Crippen LogP contribution < -0.4 is 11.1 Å². The molecule has 2 aromatic carbocycles. The average Bonchev–Trinajstić information content (AvgIpc) is 2.90. The molecule has 0 saturated carbocycles. The monoisotopic (exact) mass is 328 g/mol. The van der Waals surface area contributed by atoms with Gasteiger partial charge in [0.25, 0.3) is 0 Å². The highest BCUT2D eigenvalue weighted by Crippen LogP contribution is 2.12. The van der Waals surface area contributed by atoms with Crippen molar-refractivity contribution in [3.05, 3.63) is 70.5 Å². The molecule has 0 saturated heterocycles. The summed E-state index contributed by atoms with van der Waals surface area (Å²) in [5, 5.41) is 2.68. The van der Waals surface area contributed by atoms with E-state index in [1.165, 1.54) is 10.6 Å². The van der Waals surface area contributed by atoms with E-state index >= 15 is 0 Å². The van der Waals surface area contributed by atoms with Gasteiger partial charge < -0.3 is 9.73 Å². The Morgan fingerprint density at radius 2 is 1.88 bits per heavy atom. The molecule has 24 heavy (non-hydrogen) atoms. The van der Waals surface area contributed by atoms with Crippen molar-refractivity contribution >= 4 is 17.0 Å². The van der Waals surface area contributed by atoms with Crippen LogP contribution in [-0.4, -0.2) is 10.5 Å². The van der Waals surface area contributed by atoms with E-state index in [0.29, 0.717) is 29.6 Å². The predicted molar refractivity (Wildman–Crippen MR) is 88.0 cm³/mol. The molecule has 6 heteroatoms. The molecule has 0 spiro atoms. The second-order valence-corrected chi connectivity index (χ2v) is 5.46. The minimum absolute atomic E-state index is 0.153. The van der Waals surface area contributed by atoms with Crippen molar-refractivity contribution in [1.29, 1.82) is 0 Å². The molecule has 3 rings (SSSR count). The Kier molecular flexibility index (Phi) is 4.74. The lowest BCUT2D eigenvalue weighted by Gasteiger charge is -2.06. The highest BCUT2D eigenvalue weighted by Gasteiger charge is 2.09. The molecular weight excluding hydrogens is 311 g/mol. The number of nitrogens with one attached hydrogen (secondary N) is 1. The van der Waals surface area contributed by atoms with Gasteiger partial charge in [-0.1, -0.05) is 30.3 Å². The van der Waals surface area contributed by atoms with Crippen molar-refractivity contribution in [1.82, 2.24) is 9.88 Å².